The van der Waals surface area contributed by atoms with Gasteiger partial charge < -0.3 is 21.7 Å². The molecule has 1 aromatic rings. The molecule has 0 amide bonds. The van der Waals surface area contributed by atoms with Crippen molar-refractivity contribution in [3.63, 3.8) is 0 Å². The summed E-state index contributed by atoms with van der Waals surface area (Å²) in [5, 5.41) is 18.8. The number of aromatic hydroxyl groups is 2. The van der Waals surface area contributed by atoms with Gasteiger partial charge in [0.05, 0.1) is 0 Å². The Bertz CT molecular complexity index is 321. The van der Waals surface area contributed by atoms with Gasteiger partial charge in [-0.3, -0.25) is 0 Å². The van der Waals surface area contributed by atoms with Gasteiger partial charge in [0.2, 0.25) is 0 Å². The fraction of sp³-hybridized carbons (Fsp3) is 0.455. The van der Waals surface area contributed by atoms with E-state index in [1.165, 1.54) is 18.2 Å². The Morgan fingerprint density at radius 1 is 1.19 bits per heavy atom. The fourth-order valence-electron chi connectivity index (χ4n) is 1.50. The first-order valence-electron chi connectivity index (χ1n) is 5.12. The number of rotatable bonds is 5. The SMILES string of the molecule is Cl.NCCCC[C@H](N)c1cc(O)ccc1O. The van der Waals surface area contributed by atoms with Crippen molar-refractivity contribution < 1.29 is 10.2 Å². The third-order valence-electron chi connectivity index (χ3n) is 2.38. The van der Waals surface area contributed by atoms with Gasteiger partial charge in [0.25, 0.3) is 0 Å². The van der Waals surface area contributed by atoms with Crippen LogP contribution in [0.3, 0.4) is 0 Å². The molecule has 92 valence electrons. The molecule has 6 N–H and O–H groups in total. The van der Waals surface area contributed by atoms with Crippen LogP contribution in [-0.2, 0) is 0 Å². The highest BCUT2D eigenvalue weighted by Gasteiger charge is 2.11. The zero-order chi connectivity index (χ0) is 11.3. The summed E-state index contributed by atoms with van der Waals surface area (Å²) in [7, 11) is 0. The second-order valence-corrected chi connectivity index (χ2v) is 3.63. The number of hydrogen-bond donors (Lipinski definition) is 4. The monoisotopic (exact) mass is 246 g/mol. The second kappa shape index (κ2) is 7.33. The summed E-state index contributed by atoms with van der Waals surface area (Å²) < 4.78 is 0. The number of phenolic OH excluding ortho intramolecular Hbond substituents is 2. The highest BCUT2D eigenvalue weighted by Crippen LogP contribution is 2.29. The maximum absolute atomic E-state index is 9.55. The molecule has 0 aliphatic heterocycles. The van der Waals surface area contributed by atoms with Crippen molar-refractivity contribution in [3.8, 4) is 11.5 Å². The highest BCUT2D eigenvalue weighted by atomic mass is 35.5. The van der Waals surface area contributed by atoms with Gasteiger partial charge in [0.15, 0.2) is 0 Å². The molecular weight excluding hydrogens is 228 g/mol. The van der Waals surface area contributed by atoms with E-state index >= 15 is 0 Å². The van der Waals surface area contributed by atoms with Gasteiger partial charge in [-0.2, -0.15) is 0 Å². The van der Waals surface area contributed by atoms with Crippen molar-refractivity contribution in [3.05, 3.63) is 23.8 Å². The molecule has 0 heterocycles. The molecule has 0 spiro atoms. The molecule has 1 aromatic carbocycles. The summed E-state index contributed by atoms with van der Waals surface area (Å²) in [5.41, 5.74) is 11.9. The second-order valence-electron chi connectivity index (χ2n) is 3.63. The van der Waals surface area contributed by atoms with E-state index in [4.69, 9.17) is 11.5 Å². The average molecular weight is 247 g/mol. The Labute approximate surface area is 102 Å². The first kappa shape index (κ1) is 15.0. The molecule has 5 heteroatoms. The van der Waals surface area contributed by atoms with Gasteiger partial charge in [0, 0.05) is 11.6 Å². The van der Waals surface area contributed by atoms with Crippen molar-refractivity contribution in [2.45, 2.75) is 25.3 Å². The third-order valence-corrected chi connectivity index (χ3v) is 2.38. The molecule has 0 saturated heterocycles. The topological polar surface area (TPSA) is 92.5 Å². The van der Waals surface area contributed by atoms with Crippen LogP contribution in [0.4, 0.5) is 0 Å². The number of unbranched alkanes of at least 4 members (excludes halogenated alkanes) is 1. The molecule has 0 radical (unpaired) electrons. The molecular formula is C11H19ClN2O2. The van der Waals surface area contributed by atoms with Gasteiger partial charge >= 0.3 is 0 Å². The zero-order valence-electron chi connectivity index (χ0n) is 9.10. The average Bonchev–Trinajstić information content (AvgIpc) is 2.22. The predicted octanol–water partition coefficient (Wildman–Crippen LogP) is 1.65. The van der Waals surface area contributed by atoms with Crippen molar-refractivity contribution >= 4 is 12.4 Å². The normalized spacial score (nSPS) is 11.9. The van der Waals surface area contributed by atoms with E-state index < -0.39 is 0 Å². The summed E-state index contributed by atoms with van der Waals surface area (Å²) in [6.45, 7) is 0.652. The number of nitrogens with two attached hydrogens (primary N) is 2. The minimum atomic E-state index is -0.247. The Hall–Kier alpha value is -0.970. The van der Waals surface area contributed by atoms with Crippen molar-refractivity contribution in [2.75, 3.05) is 6.54 Å². The van der Waals surface area contributed by atoms with Crippen molar-refractivity contribution in [1.82, 2.24) is 0 Å². The zero-order valence-corrected chi connectivity index (χ0v) is 9.91. The summed E-state index contributed by atoms with van der Waals surface area (Å²) in [5.74, 6) is 0.255. The van der Waals surface area contributed by atoms with Crippen LogP contribution in [0.1, 0.15) is 30.9 Å². The Morgan fingerprint density at radius 2 is 1.88 bits per heavy atom. The molecule has 0 aromatic heterocycles. The Kier molecular flexibility index (Phi) is 6.88. The van der Waals surface area contributed by atoms with Crippen LogP contribution in [0.15, 0.2) is 18.2 Å². The number of phenols is 2. The Balaban J connectivity index is 0.00000225. The largest absolute Gasteiger partial charge is 0.508 e. The Morgan fingerprint density at radius 3 is 2.50 bits per heavy atom. The molecule has 4 nitrogen and oxygen atoms in total. The first-order valence-corrected chi connectivity index (χ1v) is 5.12. The van der Waals surface area contributed by atoms with E-state index in [0.717, 1.165) is 19.3 Å². The smallest absolute Gasteiger partial charge is 0.120 e. The lowest BCUT2D eigenvalue weighted by Crippen LogP contribution is -2.11. The van der Waals surface area contributed by atoms with E-state index in [1.807, 2.05) is 0 Å². The van der Waals surface area contributed by atoms with Crippen LogP contribution < -0.4 is 11.5 Å². The summed E-state index contributed by atoms with van der Waals surface area (Å²) in [4.78, 5) is 0. The van der Waals surface area contributed by atoms with Gasteiger partial charge in [-0.15, -0.1) is 12.4 Å². The lowest BCUT2D eigenvalue weighted by atomic mass is 10.0. The maximum Gasteiger partial charge on any atom is 0.120 e. The predicted molar refractivity (Wildman–Crippen MR) is 66.9 cm³/mol. The molecule has 0 unspecified atom stereocenters. The van der Waals surface area contributed by atoms with Crippen LogP contribution in [-0.4, -0.2) is 16.8 Å². The quantitative estimate of drug-likeness (QED) is 0.470. The standard InChI is InChI=1S/C11H18N2O2.ClH/c12-6-2-1-3-10(13)9-7-8(14)4-5-11(9)15;/h4-5,7,10,14-15H,1-3,6,12-13H2;1H/t10-;/m0./s1. The summed E-state index contributed by atoms with van der Waals surface area (Å²) in [6.07, 6.45) is 2.61. The number of benzene rings is 1. The summed E-state index contributed by atoms with van der Waals surface area (Å²) in [6, 6.07) is 4.14. The molecule has 1 atom stereocenters. The van der Waals surface area contributed by atoms with E-state index in [0.29, 0.717) is 12.1 Å². The summed E-state index contributed by atoms with van der Waals surface area (Å²) >= 11 is 0. The molecule has 0 aliphatic rings. The van der Waals surface area contributed by atoms with Gasteiger partial charge in [-0.05, 0) is 37.6 Å². The van der Waals surface area contributed by atoms with Crippen LogP contribution in [0.5, 0.6) is 11.5 Å². The lowest BCUT2D eigenvalue weighted by molar-refractivity contribution is 0.444. The van der Waals surface area contributed by atoms with Crippen LogP contribution in [0.2, 0.25) is 0 Å². The van der Waals surface area contributed by atoms with Crippen LogP contribution in [0, 0.1) is 0 Å². The molecule has 0 bridgehead atoms. The van der Waals surface area contributed by atoms with Crippen LogP contribution >= 0.6 is 12.4 Å². The van der Waals surface area contributed by atoms with Crippen LogP contribution in [0.25, 0.3) is 0 Å². The lowest BCUT2D eigenvalue weighted by Gasteiger charge is -2.13. The number of hydrogen-bond acceptors (Lipinski definition) is 4. The van der Waals surface area contributed by atoms with Gasteiger partial charge in [-0.25, -0.2) is 0 Å². The molecule has 0 saturated carbocycles. The molecule has 0 fully saturated rings. The van der Waals surface area contributed by atoms with E-state index in [-0.39, 0.29) is 29.9 Å². The fourth-order valence-corrected chi connectivity index (χ4v) is 1.50. The van der Waals surface area contributed by atoms with E-state index in [2.05, 4.69) is 0 Å². The minimum Gasteiger partial charge on any atom is -0.508 e. The number of halogens is 1. The molecule has 16 heavy (non-hydrogen) atoms. The van der Waals surface area contributed by atoms with E-state index in [1.54, 1.807) is 0 Å². The van der Waals surface area contributed by atoms with Crippen molar-refractivity contribution in [2.24, 2.45) is 11.5 Å². The highest BCUT2D eigenvalue weighted by molar-refractivity contribution is 5.85. The maximum atomic E-state index is 9.55. The minimum absolute atomic E-state index is 0. The molecule has 0 aliphatic carbocycles. The molecule has 1 rings (SSSR count). The van der Waals surface area contributed by atoms with Crippen molar-refractivity contribution in [1.29, 1.82) is 0 Å². The van der Waals surface area contributed by atoms with E-state index in [9.17, 15) is 10.2 Å². The van der Waals surface area contributed by atoms with Gasteiger partial charge in [-0.1, -0.05) is 6.42 Å². The first-order chi connectivity index (χ1) is 7.15. The van der Waals surface area contributed by atoms with Gasteiger partial charge in [0.1, 0.15) is 11.5 Å². The third kappa shape index (κ3) is 4.26.